The van der Waals surface area contributed by atoms with E-state index in [4.69, 9.17) is 0 Å². The number of allylic oxidation sites excluding steroid dienone is 3. The van der Waals surface area contributed by atoms with Gasteiger partial charge in [-0.1, -0.05) is 4.99 Å². The van der Waals surface area contributed by atoms with Gasteiger partial charge in [0.05, 0.1) is 6.08 Å². The number of aldehydes is 1. The molecule has 2 heteroatoms. The van der Waals surface area contributed by atoms with E-state index in [1.165, 1.54) is 6.20 Å². The zero-order valence-electron chi connectivity index (χ0n) is 4.16. The lowest BCUT2D eigenvalue weighted by Gasteiger charge is -1.76. The van der Waals surface area contributed by atoms with Gasteiger partial charge in [-0.25, -0.2) is 0 Å². The van der Waals surface area contributed by atoms with Crippen molar-refractivity contribution in [2.24, 2.45) is 4.99 Å². The molecule has 0 saturated heterocycles. The molecule has 2 nitrogen and oxygen atoms in total. The van der Waals surface area contributed by atoms with Crippen LogP contribution in [0.3, 0.4) is 0 Å². The molecule has 0 spiro atoms. The van der Waals surface area contributed by atoms with Gasteiger partial charge in [0.25, 0.3) is 0 Å². The van der Waals surface area contributed by atoms with Crippen molar-refractivity contribution in [3.8, 4) is 0 Å². The van der Waals surface area contributed by atoms with Gasteiger partial charge < -0.3 is 0 Å². The van der Waals surface area contributed by atoms with Crippen molar-refractivity contribution >= 4 is 12.5 Å². The Bertz CT molecular complexity index is 177. The third kappa shape index (κ3) is 0.863. The Kier molecular flexibility index (Phi) is 1.31. The molecule has 1 aliphatic heterocycles. The molecule has 0 atom stereocenters. The predicted octanol–water partition coefficient (Wildman–Crippen LogP) is 0.587. The van der Waals surface area contributed by atoms with E-state index in [1.807, 2.05) is 0 Å². The summed E-state index contributed by atoms with van der Waals surface area (Å²) in [5, 5.41) is 0. The Hall–Kier alpha value is -1.27. The summed E-state index contributed by atoms with van der Waals surface area (Å²) in [5.41, 5.74) is 0.587. The highest BCUT2D eigenvalue weighted by Gasteiger charge is 1.98. The average Bonchev–Trinajstić information content (AvgIpc) is 1.90. The first-order valence-electron chi connectivity index (χ1n) is 2.21. The van der Waals surface area contributed by atoms with Crippen LogP contribution in [-0.2, 0) is 4.79 Å². The Balaban J connectivity index is 2.82. The highest BCUT2D eigenvalue weighted by atomic mass is 16.1. The fraction of sp³-hybridized carbons (Fsp3) is 0. The van der Waals surface area contributed by atoms with Gasteiger partial charge in [-0.15, -0.1) is 0 Å². The highest BCUT2D eigenvalue weighted by molar-refractivity contribution is 5.84. The second-order valence-electron chi connectivity index (χ2n) is 1.34. The van der Waals surface area contributed by atoms with Gasteiger partial charge in [0.2, 0.25) is 0 Å². The molecule has 0 saturated carbocycles. The van der Waals surface area contributed by atoms with Crippen LogP contribution in [-0.4, -0.2) is 12.5 Å². The summed E-state index contributed by atoms with van der Waals surface area (Å²) < 4.78 is 0. The van der Waals surface area contributed by atoms with Crippen molar-refractivity contribution in [3.05, 3.63) is 23.9 Å². The van der Waals surface area contributed by atoms with Crippen molar-refractivity contribution in [2.45, 2.75) is 0 Å². The Morgan fingerprint density at radius 3 is 3.00 bits per heavy atom. The SMILES string of the molecule is O=CC1=CN=[C+]C=C1. The number of carbonyl (C=O) groups is 1. The monoisotopic (exact) mass is 106 g/mol. The van der Waals surface area contributed by atoms with Gasteiger partial charge in [-0.3, -0.25) is 4.79 Å². The molecule has 1 aliphatic rings. The Morgan fingerprint density at radius 1 is 1.75 bits per heavy atom. The quantitative estimate of drug-likeness (QED) is 0.355. The number of rotatable bonds is 1. The van der Waals surface area contributed by atoms with Gasteiger partial charge in [-0.05, 0) is 0 Å². The van der Waals surface area contributed by atoms with Crippen LogP contribution in [0.25, 0.3) is 0 Å². The minimum atomic E-state index is 0.587. The molecule has 0 N–H and O–H groups in total. The number of carbonyl (C=O) groups excluding carboxylic acids is 1. The molecule has 1 heterocycles. The number of hydrogen-bond acceptors (Lipinski definition) is 2. The summed E-state index contributed by atoms with van der Waals surface area (Å²) in [6.07, 6.45) is 8.03. The molecule has 0 aromatic carbocycles. The first kappa shape index (κ1) is 4.88. The summed E-state index contributed by atoms with van der Waals surface area (Å²) in [6.45, 7) is 0. The molecule has 0 aliphatic carbocycles. The zero-order chi connectivity index (χ0) is 5.82. The summed E-state index contributed by atoms with van der Waals surface area (Å²) in [6, 6.07) is 0. The predicted molar refractivity (Wildman–Crippen MR) is 30.7 cm³/mol. The van der Waals surface area contributed by atoms with Crippen molar-refractivity contribution < 1.29 is 4.79 Å². The van der Waals surface area contributed by atoms with Gasteiger partial charge in [0.15, 0.2) is 18.7 Å². The lowest BCUT2D eigenvalue weighted by molar-refractivity contribution is -0.104. The van der Waals surface area contributed by atoms with Crippen LogP contribution in [0, 0.1) is 0 Å². The molecule has 0 radical (unpaired) electrons. The zero-order valence-corrected chi connectivity index (χ0v) is 4.16. The first-order chi connectivity index (χ1) is 3.93. The molecular formula is C6H4NO+. The fourth-order valence-corrected chi connectivity index (χ4v) is 0.401. The van der Waals surface area contributed by atoms with Gasteiger partial charge in [0.1, 0.15) is 11.6 Å². The maximum Gasteiger partial charge on any atom is 0.178 e. The van der Waals surface area contributed by atoms with Crippen molar-refractivity contribution in [3.63, 3.8) is 0 Å². The maximum atomic E-state index is 9.95. The van der Waals surface area contributed by atoms with Crippen LogP contribution in [0.5, 0.6) is 0 Å². The van der Waals surface area contributed by atoms with E-state index in [0.717, 1.165) is 6.29 Å². The van der Waals surface area contributed by atoms with Crippen LogP contribution < -0.4 is 0 Å². The molecule has 1 rings (SSSR count). The van der Waals surface area contributed by atoms with E-state index in [1.54, 1.807) is 12.2 Å². The smallest absolute Gasteiger partial charge is 0.178 e. The number of aliphatic imine (C=N–C) groups is 1. The summed E-state index contributed by atoms with van der Waals surface area (Å²) >= 11 is 0. The molecule has 38 valence electrons. The molecule has 0 fully saturated rings. The van der Waals surface area contributed by atoms with E-state index in [-0.39, 0.29) is 0 Å². The molecule has 0 bridgehead atoms. The minimum Gasteiger partial charge on any atom is -0.295 e. The Labute approximate surface area is 47.2 Å². The minimum absolute atomic E-state index is 0.587. The molecule has 8 heavy (non-hydrogen) atoms. The summed E-state index contributed by atoms with van der Waals surface area (Å²) in [7, 11) is 0. The second-order valence-corrected chi connectivity index (χ2v) is 1.34. The topological polar surface area (TPSA) is 29.4 Å². The van der Waals surface area contributed by atoms with E-state index < -0.39 is 0 Å². The largest absolute Gasteiger partial charge is 0.295 e. The molecule has 0 aromatic rings. The fourth-order valence-electron chi connectivity index (χ4n) is 0.401. The van der Waals surface area contributed by atoms with E-state index >= 15 is 0 Å². The standard InChI is InChI=1S/C6H4NO/c8-5-6-2-1-3-7-4-6/h1-2,4-5H/q+1. The molecular weight excluding hydrogens is 102 g/mol. The molecule has 0 unspecified atom stereocenters. The van der Waals surface area contributed by atoms with Gasteiger partial charge in [-0.2, -0.15) is 0 Å². The lowest BCUT2D eigenvalue weighted by Crippen LogP contribution is -1.81. The van der Waals surface area contributed by atoms with E-state index in [2.05, 4.69) is 11.2 Å². The summed E-state index contributed by atoms with van der Waals surface area (Å²) in [4.78, 5) is 13.6. The molecule has 0 amide bonds. The van der Waals surface area contributed by atoms with Crippen LogP contribution in [0.2, 0.25) is 0 Å². The highest BCUT2D eigenvalue weighted by Crippen LogP contribution is 1.95. The van der Waals surface area contributed by atoms with Crippen LogP contribution in [0.1, 0.15) is 0 Å². The van der Waals surface area contributed by atoms with E-state index in [0.29, 0.717) is 5.57 Å². The average molecular weight is 106 g/mol. The normalized spacial score (nSPS) is 14.8. The van der Waals surface area contributed by atoms with Crippen molar-refractivity contribution in [2.75, 3.05) is 0 Å². The molecule has 0 aromatic heterocycles. The third-order valence-electron chi connectivity index (χ3n) is 0.775. The van der Waals surface area contributed by atoms with E-state index in [9.17, 15) is 4.79 Å². The Morgan fingerprint density at radius 2 is 2.62 bits per heavy atom. The summed E-state index contributed by atoms with van der Waals surface area (Å²) in [5.74, 6) is 0. The van der Waals surface area contributed by atoms with Gasteiger partial charge >= 0.3 is 0 Å². The van der Waals surface area contributed by atoms with Crippen LogP contribution in [0.15, 0.2) is 28.9 Å². The van der Waals surface area contributed by atoms with Crippen LogP contribution in [0.4, 0.5) is 0 Å². The second kappa shape index (κ2) is 2.15. The van der Waals surface area contributed by atoms with Gasteiger partial charge in [0, 0.05) is 0 Å². The number of nitrogens with zero attached hydrogens (tertiary/aromatic N) is 1. The van der Waals surface area contributed by atoms with Crippen LogP contribution >= 0.6 is 0 Å². The number of hydrogen-bond donors (Lipinski definition) is 0. The van der Waals surface area contributed by atoms with Crippen molar-refractivity contribution in [1.29, 1.82) is 0 Å². The lowest BCUT2D eigenvalue weighted by atomic mass is 10.3. The first-order valence-corrected chi connectivity index (χ1v) is 2.21. The third-order valence-corrected chi connectivity index (χ3v) is 0.775. The van der Waals surface area contributed by atoms with Crippen molar-refractivity contribution in [1.82, 2.24) is 0 Å². The maximum absolute atomic E-state index is 9.95.